The molecule has 0 aromatic carbocycles. The number of carbonyl (C=O) groups excluding carboxylic acids is 1. The van der Waals surface area contributed by atoms with Gasteiger partial charge in [0.05, 0.1) is 16.3 Å². The molecule has 0 radical (unpaired) electrons. The quantitative estimate of drug-likeness (QED) is 0.428. The van der Waals surface area contributed by atoms with Gasteiger partial charge in [-0.05, 0) is 25.3 Å². The molecule has 4 heterocycles. The maximum Gasteiger partial charge on any atom is 0.312 e. The molecule has 1 fully saturated rings. The summed E-state index contributed by atoms with van der Waals surface area (Å²) in [5.74, 6) is 1.04. The van der Waals surface area contributed by atoms with Crippen LogP contribution in [-0.4, -0.2) is 66.7 Å². The van der Waals surface area contributed by atoms with E-state index >= 15 is 0 Å². The van der Waals surface area contributed by atoms with Gasteiger partial charge in [0.25, 0.3) is 0 Å². The van der Waals surface area contributed by atoms with E-state index in [0.717, 1.165) is 4.88 Å². The van der Waals surface area contributed by atoms with Crippen LogP contribution in [0.25, 0.3) is 10.7 Å². The third kappa shape index (κ3) is 4.09. The first-order valence-corrected chi connectivity index (χ1v) is 10.4. The molecular weight excluding hydrogens is 410 g/mol. The summed E-state index contributed by atoms with van der Waals surface area (Å²) in [6.07, 6.45) is 0. The number of aromatic nitrogens is 4. The lowest BCUT2D eigenvalue weighted by molar-refractivity contribution is -0.386. The van der Waals surface area contributed by atoms with E-state index in [2.05, 4.69) is 20.1 Å². The molecule has 1 amide bonds. The first-order valence-electron chi connectivity index (χ1n) is 9.47. The molecule has 3 aromatic heterocycles. The van der Waals surface area contributed by atoms with Gasteiger partial charge < -0.3 is 9.42 Å². The molecule has 12 heteroatoms. The highest BCUT2D eigenvalue weighted by Gasteiger charge is 2.26. The molecule has 0 unspecified atom stereocenters. The smallest absolute Gasteiger partial charge is 0.312 e. The standard InChI is InChI=1S/C18H21N7O4S/c1-12-17(25(27)28)13(2)24(20-12)11-16(26)23-7-5-22(6-8-23)10-15-19-18(21-29-15)14-4-3-9-30-14/h3-4,9H,5-8,10-11H2,1-2H3. The first-order chi connectivity index (χ1) is 14.4. The number of thiophene rings is 1. The largest absolute Gasteiger partial charge is 0.339 e. The molecule has 11 nitrogen and oxygen atoms in total. The van der Waals surface area contributed by atoms with E-state index in [0.29, 0.717) is 55.8 Å². The van der Waals surface area contributed by atoms with Gasteiger partial charge >= 0.3 is 5.69 Å². The van der Waals surface area contributed by atoms with Crippen LogP contribution in [0.5, 0.6) is 0 Å². The number of rotatable bonds is 6. The highest BCUT2D eigenvalue weighted by Crippen LogP contribution is 2.23. The first kappa shape index (κ1) is 20.2. The number of nitro groups is 1. The summed E-state index contributed by atoms with van der Waals surface area (Å²) in [6.45, 7) is 6.20. The Morgan fingerprint density at radius 3 is 2.70 bits per heavy atom. The van der Waals surface area contributed by atoms with Crippen LogP contribution in [0.3, 0.4) is 0 Å². The van der Waals surface area contributed by atoms with Crippen molar-refractivity contribution < 1.29 is 14.2 Å². The fourth-order valence-electron chi connectivity index (χ4n) is 3.51. The highest BCUT2D eigenvalue weighted by atomic mass is 32.1. The Labute approximate surface area is 176 Å². The zero-order valence-corrected chi connectivity index (χ0v) is 17.5. The van der Waals surface area contributed by atoms with E-state index in [1.54, 1.807) is 30.1 Å². The van der Waals surface area contributed by atoms with E-state index < -0.39 is 4.92 Å². The Balaban J connectivity index is 1.31. The average Bonchev–Trinajstić information content (AvgIpc) is 3.44. The van der Waals surface area contributed by atoms with Crippen molar-refractivity contribution in [3.8, 4) is 10.7 Å². The van der Waals surface area contributed by atoms with Gasteiger partial charge in [0.2, 0.25) is 17.6 Å². The van der Waals surface area contributed by atoms with Crippen LogP contribution in [0.15, 0.2) is 22.0 Å². The topological polar surface area (TPSA) is 123 Å². The van der Waals surface area contributed by atoms with Gasteiger partial charge in [0, 0.05) is 26.2 Å². The van der Waals surface area contributed by atoms with Crippen molar-refractivity contribution in [2.75, 3.05) is 26.2 Å². The lowest BCUT2D eigenvalue weighted by Crippen LogP contribution is -2.49. The van der Waals surface area contributed by atoms with Gasteiger partial charge in [0.1, 0.15) is 17.9 Å². The van der Waals surface area contributed by atoms with Gasteiger partial charge in [-0.2, -0.15) is 10.1 Å². The average molecular weight is 431 g/mol. The minimum atomic E-state index is -0.460. The van der Waals surface area contributed by atoms with E-state index in [-0.39, 0.29) is 18.1 Å². The number of hydrogen-bond donors (Lipinski definition) is 0. The third-order valence-electron chi connectivity index (χ3n) is 5.10. The Hall–Kier alpha value is -3.12. The van der Waals surface area contributed by atoms with E-state index in [1.165, 1.54) is 4.68 Å². The fraction of sp³-hybridized carbons (Fsp3) is 0.444. The molecule has 0 aliphatic carbocycles. The molecule has 0 atom stereocenters. The third-order valence-corrected chi connectivity index (χ3v) is 5.97. The summed E-state index contributed by atoms with van der Waals surface area (Å²) in [5.41, 5.74) is 0.674. The zero-order valence-electron chi connectivity index (χ0n) is 16.6. The van der Waals surface area contributed by atoms with Crippen LogP contribution >= 0.6 is 11.3 Å². The van der Waals surface area contributed by atoms with Crippen molar-refractivity contribution >= 4 is 22.9 Å². The number of aryl methyl sites for hydroxylation is 1. The molecular formula is C18H21N7O4S. The Kier molecular flexibility index (Phi) is 5.59. The second kappa shape index (κ2) is 8.32. The maximum absolute atomic E-state index is 12.6. The van der Waals surface area contributed by atoms with Crippen LogP contribution in [-0.2, 0) is 17.9 Å². The second-order valence-electron chi connectivity index (χ2n) is 7.08. The van der Waals surface area contributed by atoms with Crippen LogP contribution in [0.2, 0.25) is 0 Å². The number of nitrogens with zero attached hydrogens (tertiary/aromatic N) is 7. The van der Waals surface area contributed by atoms with Crippen LogP contribution in [0, 0.1) is 24.0 Å². The van der Waals surface area contributed by atoms with Gasteiger partial charge in [-0.15, -0.1) is 11.3 Å². The fourth-order valence-corrected chi connectivity index (χ4v) is 4.15. The Bertz CT molecular complexity index is 1050. The van der Waals surface area contributed by atoms with Gasteiger partial charge in [0.15, 0.2) is 0 Å². The zero-order chi connectivity index (χ0) is 21.3. The van der Waals surface area contributed by atoms with Crippen molar-refractivity contribution in [1.29, 1.82) is 0 Å². The number of amides is 1. The lowest BCUT2D eigenvalue weighted by Gasteiger charge is -2.34. The van der Waals surface area contributed by atoms with Crippen molar-refractivity contribution in [1.82, 2.24) is 29.7 Å². The van der Waals surface area contributed by atoms with E-state index in [9.17, 15) is 14.9 Å². The Morgan fingerprint density at radius 2 is 2.07 bits per heavy atom. The SMILES string of the molecule is Cc1nn(CC(=O)N2CCN(Cc3nc(-c4cccs4)no3)CC2)c(C)c1[N+](=O)[O-]. The normalized spacial score (nSPS) is 14.9. The maximum atomic E-state index is 12.6. The summed E-state index contributed by atoms with van der Waals surface area (Å²) in [6, 6.07) is 3.89. The van der Waals surface area contributed by atoms with Crippen molar-refractivity contribution in [3.63, 3.8) is 0 Å². The predicted octanol–water partition coefficient (Wildman–Crippen LogP) is 1.86. The summed E-state index contributed by atoms with van der Waals surface area (Å²) >= 11 is 1.56. The molecule has 4 rings (SSSR count). The number of hydrogen-bond acceptors (Lipinski definition) is 9. The Morgan fingerprint density at radius 1 is 1.30 bits per heavy atom. The monoisotopic (exact) mass is 431 g/mol. The lowest BCUT2D eigenvalue weighted by atomic mass is 10.3. The summed E-state index contributed by atoms with van der Waals surface area (Å²) in [7, 11) is 0. The highest BCUT2D eigenvalue weighted by molar-refractivity contribution is 7.13. The molecule has 1 saturated heterocycles. The van der Waals surface area contributed by atoms with E-state index in [4.69, 9.17) is 4.52 Å². The summed E-state index contributed by atoms with van der Waals surface area (Å²) in [5, 5.41) is 21.3. The molecule has 1 aliphatic heterocycles. The minimum Gasteiger partial charge on any atom is -0.339 e. The van der Waals surface area contributed by atoms with Gasteiger partial charge in [-0.3, -0.25) is 24.5 Å². The number of carbonyl (C=O) groups is 1. The number of piperazine rings is 1. The molecule has 0 N–H and O–H groups in total. The van der Waals surface area contributed by atoms with Crippen molar-refractivity contribution in [2.24, 2.45) is 0 Å². The summed E-state index contributed by atoms with van der Waals surface area (Å²) in [4.78, 5) is 32.6. The summed E-state index contributed by atoms with van der Waals surface area (Å²) < 4.78 is 6.76. The molecule has 0 saturated carbocycles. The molecule has 1 aliphatic rings. The molecule has 3 aromatic rings. The molecule has 0 bridgehead atoms. The van der Waals surface area contributed by atoms with Crippen LogP contribution in [0.1, 0.15) is 17.3 Å². The van der Waals surface area contributed by atoms with E-state index in [1.807, 2.05) is 17.5 Å². The van der Waals surface area contributed by atoms with Gasteiger partial charge in [-0.25, -0.2) is 0 Å². The molecule has 158 valence electrons. The second-order valence-corrected chi connectivity index (χ2v) is 8.03. The molecule has 30 heavy (non-hydrogen) atoms. The van der Waals surface area contributed by atoms with Crippen LogP contribution in [0.4, 0.5) is 5.69 Å². The van der Waals surface area contributed by atoms with Crippen LogP contribution < -0.4 is 0 Å². The minimum absolute atomic E-state index is 0.00561. The molecule has 0 spiro atoms. The predicted molar refractivity (Wildman–Crippen MR) is 108 cm³/mol. The van der Waals surface area contributed by atoms with Crippen molar-refractivity contribution in [3.05, 3.63) is 44.9 Å². The van der Waals surface area contributed by atoms with Gasteiger partial charge in [-0.1, -0.05) is 11.2 Å². The van der Waals surface area contributed by atoms with Crippen molar-refractivity contribution in [2.45, 2.75) is 26.9 Å².